The second-order valence-electron chi connectivity index (χ2n) is 5.65. The van der Waals surface area contributed by atoms with Crippen LogP contribution in [0.3, 0.4) is 0 Å². The van der Waals surface area contributed by atoms with Crippen LogP contribution in [0.2, 0.25) is 0 Å². The lowest BCUT2D eigenvalue weighted by molar-refractivity contribution is 0.0434. The van der Waals surface area contributed by atoms with Crippen molar-refractivity contribution in [2.24, 2.45) is 0 Å². The Labute approximate surface area is 146 Å². The van der Waals surface area contributed by atoms with Gasteiger partial charge in [0.1, 0.15) is 12.4 Å². The van der Waals surface area contributed by atoms with E-state index < -0.39 is 16.0 Å². The summed E-state index contributed by atoms with van der Waals surface area (Å²) in [4.78, 5) is 12.1. The third-order valence-corrected chi connectivity index (χ3v) is 5.71. The Morgan fingerprint density at radius 3 is 2.64 bits per heavy atom. The molecular formula is C17H19NO6S. The molecule has 7 nitrogen and oxygen atoms in total. The van der Waals surface area contributed by atoms with Crippen LogP contribution in [0.4, 0.5) is 0 Å². The largest absolute Gasteiger partial charge is 0.455 e. The minimum Gasteiger partial charge on any atom is -0.455 e. The van der Waals surface area contributed by atoms with E-state index in [1.807, 2.05) is 0 Å². The summed E-state index contributed by atoms with van der Waals surface area (Å²) in [5.74, 6) is 0.148. The summed E-state index contributed by atoms with van der Waals surface area (Å²) >= 11 is 0. The van der Waals surface area contributed by atoms with Crippen molar-refractivity contribution in [3.05, 3.63) is 53.5 Å². The number of benzene rings is 1. The molecule has 0 spiro atoms. The number of ether oxygens (including phenoxy) is 2. The molecule has 25 heavy (non-hydrogen) atoms. The third kappa shape index (κ3) is 4.09. The highest BCUT2D eigenvalue weighted by Gasteiger charge is 2.26. The van der Waals surface area contributed by atoms with Crippen molar-refractivity contribution < 1.29 is 27.1 Å². The molecule has 0 radical (unpaired) electrons. The highest BCUT2D eigenvalue weighted by molar-refractivity contribution is 7.89. The lowest BCUT2D eigenvalue weighted by atomic mass is 10.2. The fourth-order valence-corrected chi connectivity index (χ4v) is 3.97. The van der Waals surface area contributed by atoms with Gasteiger partial charge in [-0.2, -0.15) is 4.31 Å². The quantitative estimate of drug-likeness (QED) is 0.753. The van der Waals surface area contributed by atoms with E-state index >= 15 is 0 Å². The maximum atomic E-state index is 12.6. The van der Waals surface area contributed by atoms with Crippen LogP contribution < -0.4 is 0 Å². The smallest absolute Gasteiger partial charge is 0.374 e. The van der Waals surface area contributed by atoms with Crippen LogP contribution in [0.1, 0.15) is 21.9 Å². The van der Waals surface area contributed by atoms with Crippen LogP contribution in [0.15, 0.2) is 45.7 Å². The van der Waals surface area contributed by atoms with E-state index in [0.29, 0.717) is 37.6 Å². The van der Waals surface area contributed by atoms with Crippen molar-refractivity contribution in [1.82, 2.24) is 4.31 Å². The highest BCUT2D eigenvalue weighted by atomic mass is 32.2. The zero-order chi connectivity index (χ0) is 17.9. The van der Waals surface area contributed by atoms with E-state index in [-0.39, 0.29) is 17.3 Å². The Bertz CT molecular complexity index is 852. The average Bonchev–Trinajstić information content (AvgIpc) is 3.07. The number of aryl methyl sites for hydroxylation is 1. The molecule has 134 valence electrons. The van der Waals surface area contributed by atoms with Crippen LogP contribution in [-0.4, -0.2) is 45.0 Å². The van der Waals surface area contributed by atoms with E-state index in [0.717, 1.165) is 0 Å². The Morgan fingerprint density at radius 1 is 1.20 bits per heavy atom. The summed E-state index contributed by atoms with van der Waals surface area (Å²) < 4.78 is 42.3. The number of hydrogen-bond donors (Lipinski definition) is 0. The average molecular weight is 365 g/mol. The number of carbonyl (C=O) groups excluding carboxylic acids is 1. The van der Waals surface area contributed by atoms with Gasteiger partial charge in [-0.05, 0) is 36.8 Å². The fourth-order valence-electron chi connectivity index (χ4n) is 2.50. The van der Waals surface area contributed by atoms with E-state index in [1.165, 1.54) is 22.5 Å². The van der Waals surface area contributed by atoms with Crippen LogP contribution >= 0.6 is 0 Å². The molecule has 0 amide bonds. The number of sulfonamides is 1. The van der Waals surface area contributed by atoms with E-state index in [4.69, 9.17) is 13.9 Å². The summed E-state index contributed by atoms with van der Waals surface area (Å²) in [5, 5.41) is 0. The van der Waals surface area contributed by atoms with E-state index in [1.54, 1.807) is 25.1 Å². The predicted octanol–water partition coefficient (Wildman–Crippen LogP) is 1.97. The zero-order valence-corrected chi connectivity index (χ0v) is 14.6. The van der Waals surface area contributed by atoms with Crippen molar-refractivity contribution in [3.63, 3.8) is 0 Å². The molecule has 2 heterocycles. The van der Waals surface area contributed by atoms with Crippen LogP contribution in [-0.2, 0) is 26.1 Å². The highest BCUT2D eigenvalue weighted by Crippen LogP contribution is 2.19. The summed E-state index contributed by atoms with van der Waals surface area (Å²) in [6, 6.07) is 9.60. The molecular weight excluding hydrogens is 346 g/mol. The number of furan rings is 1. The van der Waals surface area contributed by atoms with Gasteiger partial charge < -0.3 is 13.9 Å². The molecule has 8 heteroatoms. The van der Waals surface area contributed by atoms with Gasteiger partial charge in [0.25, 0.3) is 0 Å². The Kier molecular flexibility index (Phi) is 5.22. The number of carbonyl (C=O) groups is 1. The molecule has 1 fully saturated rings. The van der Waals surface area contributed by atoms with Gasteiger partial charge in [0.15, 0.2) is 0 Å². The van der Waals surface area contributed by atoms with Gasteiger partial charge in [-0.3, -0.25) is 0 Å². The number of rotatable bonds is 5. The van der Waals surface area contributed by atoms with Gasteiger partial charge in [-0.1, -0.05) is 12.1 Å². The molecule has 1 saturated heterocycles. The van der Waals surface area contributed by atoms with Crippen LogP contribution in [0.25, 0.3) is 0 Å². The summed E-state index contributed by atoms with van der Waals surface area (Å²) in [6.07, 6.45) is 0. The molecule has 0 bridgehead atoms. The summed E-state index contributed by atoms with van der Waals surface area (Å²) in [6.45, 7) is 3.14. The van der Waals surface area contributed by atoms with Gasteiger partial charge in [0.2, 0.25) is 15.8 Å². The number of nitrogens with zero attached hydrogens (tertiary/aromatic N) is 1. The van der Waals surface area contributed by atoms with E-state index in [2.05, 4.69) is 0 Å². The monoisotopic (exact) mass is 365 g/mol. The second kappa shape index (κ2) is 7.38. The van der Waals surface area contributed by atoms with E-state index in [9.17, 15) is 13.2 Å². The van der Waals surface area contributed by atoms with Gasteiger partial charge >= 0.3 is 5.97 Å². The first-order valence-corrected chi connectivity index (χ1v) is 9.31. The molecule has 1 aromatic carbocycles. The topological polar surface area (TPSA) is 86.1 Å². The van der Waals surface area contributed by atoms with Gasteiger partial charge in [-0.15, -0.1) is 0 Å². The molecule has 0 aliphatic carbocycles. The van der Waals surface area contributed by atoms with Crippen molar-refractivity contribution in [1.29, 1.82) is 0 Å². The Balaban J connectivity index is 1.70. The van der Waals surface area contributed by atoms with Gasteiger partial charge in [-0.25, -0.2) is 13.2 Å². The molecule has 1 aliphatic heterocycles. The third-order valence-electron chi connectivity index (χ3n) is 3.82. The normalized spacial score (nSPS) is 15.9. The van der Waals surface area contributed by atoms with Crippen LogP contribution in [0.5, 0.6) is 0 Å². The summed E-state index contributed by atoms with van der Waals surface area (Å²) in [5.41, 5.74) is 0.589. The zero-order valence-electron chi connectivity index (χ0n) is 13.8. The molecule has 0 saturated carbocycles. The molecule has 0 N–H and O–H groups in total. The lowest BCUT2D eigenvalue weighted by Crippen LogP contribution is -2.40. The number of morpholine rings is 1. The van der Waals surface area contributed by atoms with Gasteiger partial charge in [0, 0.05) is 13.1 Å². The SMILES string of the molecule is Cc1ccc(C(=O)OCc2cccc(S(=O)(=O)N3CCOCC3)c2)o1. The maximum Gasteiger partial charge on any atom is 0.374 e. The van der Waals surface area contributed by atoms with Gasteiger partial charge in [0.05, 0.1) is 18.1 Å². The first-order chi connectivity index (χ1) is 12.0. The van der Waals surface area contributed by atoms with Crippen molar-refractivity contribution in [3.8, 4) is 0 Å². The molecule has 0 unspecified atom stereocenters. The Hall–Kier alpha value is -2.16. The first-order valence-electron chi connectivity index (χ1n) is 7.87. The Morgan fingerprint density at radius 2 is 1.96 bits per heavy atom. The lowest BCUT2D eigenvalue weighted by Gasteiger charge is -2.26. The fraction of sp³-hybridized carbons (Fsp3) is 0.353. The standard InChI is InChI=1S/C17H19NO6S/c1-13-5-6-16(24-13)17(19)23-12-14-3-2-4-15(11-14)25(20,21)18-7-9-22-10-8-18/h2-6,11H,7-10,12H2,1H3. The van der Waals surface area contributed by atoms with Crippen LogP contribution in [0, 0.1) is 6.92 Å². The van der Waals surface area contributed by atoms with Crippen molar-refractivity contribution in [2.45, 2.75) is 18.4 Å². The molecule has 3 rings (SSSR count). The predicted molar refractivity (Wildman–Crippen MR) is 88.6 cm³/mol. The minimum absolute atomic E-state index is 0.0367. The first kappa shape index (κ1) is 17.7. The molecule has 1 aromatic heterocycles. The second-order valence-corrected chi connectivity index (χ2v) is 7.59. The number of hydrogen-bond acceptors (Lipinski definition) is 6. The molecule has 0 atom stereocenters. The number of esters is 1. The van der Waals surface area contributed by atoms with Crippen molar-refractivity contribution >= 4 is 16.0 Å². The van der Waals surface area contributed by atoms with Crippen molar-refractivity contribution in [2.75, 3.05) is 26.3 Å². The minimum atomic E-state index is -3.58. The molecule has 2 aromatic rings. The maximum absolute atomic E-state index is 12.6. The summed E-state index contributed by atoms with van der Waals surface area (Å²) in [7, 11) is -3.58. The molecule has 1 aliphatic rings.